The number of carbonyl (C=O) groups excluding carboxylic acids is 2. The molecule has 0 aliphatic heterocycles. The van der Waals surface area contributed by atoms with Gasteiger partial charge in [0.1, 0.15) is 4.70 Å². The Morgan fingerprint density at radius 1 is 1.18 bits per heavy atom. The number of hydrogen-bond donors (Lipinski definition) is 0. The van der Waals surface area contributed by atoms with Crippen molar-refractivity contribution in [3.63, 3.8) is 0 Å². The van der Waals surface area contributed by atoms with Gasteiger partial charge in [-0.2, -0.15) is 0 Å². The molecule has 0 aliphatic rings. The van der Waals surface area contributed by atoms with Crippen molar-refractivity contribution < 1.29 is 14.7 Å². The Bertz CT molecular complexity index is 1060. The number of halogens is 1. The minimum atomic E-state index is -1.11. The van der Waals surface area contributed by atoms with Crippen molar-refractivity contribution >= 4 is 56.7 Å². The number of thioether (sulfide) groups is 1. The molecule has 146 valence electrons. The number of carboxylic acids is 1. The van der Waals surface area contributed by atoms with Crippen molar-refractivity contribution in [3.8, 4) is 0 Å². The molecule has 0 unspecified atom stereocenters. The van der Waals surface area contributed by atoms with E-state index in [4.69, 9.17) is 11.6 Å². The van der Waals surface area contributed by atoms with Gasteiger partial charge in [0.05, 0.1) is 11.3 Å². The van der Waals surface area contributed by atoms with E-state index < -0.39 is 5.97 Å². The normalized spacial score (nSPS) is 11.0. The summed E-state index contributed by atoms with van der Waals surface area (Å²) in [6, 6.07) is 8.40. The number of carboxylic acid groups (broad SMARTS) is 1. The minimum absolute atomic E-state index is 0.0546. The predicted octanol–water partition coefficient (Wildman–Crippen LogP) is 3.01. The first-order valence-corrected chi connectivity index (χ1v) is 10.8. The summed E-state index contributed by atoms with van der Waals surface area (Å²) in [5.41, 5.74) is 0.966. The summed E-state index contributed by atoms with van der Waals surface area (Å²) < 4.78 is 2.07. The van der Waals surface area contributed by atoms with Crippen LogP contribution in [0, 0.1) is 0 Å². The molecule has 2 heterocycles. The highest BCUT2D eigenvalue weighted by Crippen LogP contribution is 2.22. The molecule has 0 amide bonds. The lowest BCUT2D eigenvalue weighted by atomic mass is 10.1. The number of benzene rings is 1. The maximum atomic E-state index is 12.8. The van der Waals surface area contributed by atoms with Gasteiger partial charge in [0.15, 0.2) is 10.9 Å². The molecule has 1 aromatic carbocycles. The van der Waals surface area contributed by atoms with Crippen molar-refractivity contribution in [3.05, 3.63) is 56.7 Å². The van der Waals surface area contributed by atoms with Crippen LogP contribution in [0.25, 0.3) is 10.2 Å². The van der Waals surface area contributed by atoms with Crippen molar-refractivity contribution in [1.29, 1.82) is 0 Å². The molecule has 0 saturated heterocycles. The number of carbonyl (C=O) groups is 2. The quantitative estimate of drug-likeness (QED) is 0.222. The summed E-state index contributed by atoms with van der Waals surface area (Å²) in [4.78, 5) is 40.3. The molecule has 0 spiro atoms. The molecular formula is C19H16ClN2O4S2-. The van der Waals surface area contributed by atoms with E-state index in [0.717, 1.165) is 0 Å². The molecule has 6 nitrogen and oxygen atoms in total. The highest BCUT2D eigenvalue weighted by molar-refractivity contribution is 7.99. The topological polar surface area (TPSA) is 92.1 Å². The Kier molecular flexibility index (Phi) is 6.88. The molecule has 3 aromatic rings. The molecule has 0 fully saturated rings. The second-order valence-corrected chi connectivity index (χ2v) is 8.33. The van der Waals surface area contributed by atoms with Crippen LogP contribution in [-0.2, 0) is 11.3 Å². The van der Waals surface area contributed by atoms with Gasteiger partial charge in [-0.25, -0.2) is 4.98 Å². The summed E-state index contributed by atoms with van der Waals surface area (Å²) in [5, 5.41) is 13.4. The van der Waals surface area contributed by atoms with Crippen LogP contribution in [0.4, 0.5) is 0 Å². The number of unbranched alkanes of at least 4 members (excludes halogenated alkanes) is 1. The van der Waals surface area contributed by atoms with Crippen LogP contribution < -0.4 is 10.7 Å². The fourth-order valence-corrected chi connectivity index (χ4v) is 4.44. The van der Waals surface area contributed by atoms with E-state index in [2.05, 4.69) is 4.98 Å². The maximum Gasteiger partial charge on any atom is 0.272 e. The van der Waals surface area contributed by atoms with Gasteiger partial charge in [-0.15, -0.1) is 11.3 Å². The fraction of sp³-hybridized carbons (Fsp3) is 0.263. The highest BCUT2D eigenvalue weighted by atomic mass is 35.5. The molecular weight excluding hydrogens is 420 g/mol. The van der Waals surface area contributed by atoms with Gasteiger partial charge in [0.25, 0.3) is 5.56 Å². The van der Waals surface area contributed by atoms with E-state index in [1.807, 2.05) is 0 Å². The molecule has 0 N–H and O–H groups in total. The van der Waals surface area contributed by atoms with Gasteiger partial charge in [-0.3, -0.25) is 14.2 Å². The first-order valence-electron chi connectivity index (χ1n) is 8.55. The third-order valence-corrected chi connectivity index (χ3v) is 6.16. The zero-order valence-electron chi connectivity index (χ0n) is 14.7. The summed E-state index contributed by atoms with van der Waals surface area (Å²) in [5.74, 6) is -1.07. The second-order valence-electron chi connectivity index (χ2n) is 6.03. The largest absolute Gasteiger partial charge is 0.550 e. The van der Waals surface area contributed by atoms with Crippen molar-refractivity contribution in [2.75, 3.05) is 5.75 Å². The molecule has 0 atom stereocenters. The third kappa shape index (κ3) is 5.01. The van der Waals surface area contributed by atoms with Gasteiger partial charge >= 0.3 is 0 Å². The smallest absolute Gasteiger partial charge is 0.272 e. The van der Waals surface area contributed by atoms with E-state index in [9.17, 15) is 19.5 Å². The van der Waals surface area contributed by atoms with Gasteiger partial charge in [-0.1, -0.05) is 23.4 Å². The molecule has 2 aromatic heterocycles. The van der Waals surface area contributed by atoms with Crippen LogP contribution in [0.1, 0.15) is 29.6 Å². The van der Waals surface area contributed by atoms with Crippen molar-refractivity contribution in [2.24, 2.45) is 0 Å². The van der Waals surface area contributed by atoms with E-state index in [1.165, 1.54) is 27.7 Å². The standard InChI is InChI=1S/C19H17ClN2O4S2/c20-13-6-4-12(5-7-13)15(23)11-28-19-21-14-8-10-27-17(14)18(26)22(19)9-2-1-3-16(24)25/h4-8,10H,1-3,9,11H2,(H,24,25)/p-1. The molecule has 3 rings (SSSR count). The summed E-state index contributed by atoms with van der Waals surface area (Å²) in [7, 11) is 0. The zero-order valence-corrected chi connectivity index (χ0v) is 17.1. The number of ketones is 1. The Balaban J connectivity index is 1.79. The van der Waals surface area contributed by atoms with Crippen LogP contribution in [0.5, 0.6) is 0 Å². The van der Waals surface area contributed by atoms with E-state index in [-0.39, 0.29) is 23.5 Å². The van der Waals surface area contributed by atoms with Crippen LogP contribution in [0.15, 0.2) is 45.7 Å². The summed E-state index contributed by atoms with van der Waals surface area (Å²) in [6.07, 6.45) is 0.858. The first kappa shape index (κ1) is 20.6. The molecule has 0 aliphatic carbocycles. The Labute approximate surface area is 174 Å². The fourth-order valence-electron chi connectivity index (χ4n) is 2.62. The third-order valence-electron chi connectivity index (χ3n) is 4.04. The SMILES string of the molecule is O=C([O-])CCCCn1c(SCC(=O)c2ccc(Cl)cc2)nc2ccsc2c1=O. The molecule has 28 heavy (non-hydrogen) atoms. The molecule has 0 saturated carbocycles. The van der Waals surface area contributed by atoms with E-state index in [1.54, 1.807) is 35.7 Å². The number of thiophene rings is 1. The number of Topliss-reactive ketones (excluding diaryl/α,β-unsaturated/α-hetero) is 1. The lowest BCUT2D eigenvalue weighted by molar-refractivity contribution is -0.305. The second kappa shape index (κ2) is 9.36. The van der Waals surface area contributed by atoms with Crippen LogP contribution in [0.2, 0.25) is 5.02 Å². The summed E-state index contributed by atoms with van der Waals surface area (Å²) in [6.45, 7) is 0.338. The minimum Gasteiger partial charge on any atom is -0.550 e. The van der Waals surface area contributed by atoms with Gasteiger partial charge in [0, 0.05) is 23.1 Å². The monoisotopic (exact) mass is 435 g/mol. The first-order chi connectivity index (χ1) is 13.5. The predicted molar refractivity (Wildman–Crippen MR) is 109 cm³/mol. The number of hydrogen-bond acceptors (Lipinski definition) is 7. The van der Waals surface area contributed by atoms with E-state index in [0.29, 0.717) is 45.3 Å². The van der Waals surface area contributed by atoms with Crippen LogP contribution in [0.3, 0.4) is 0 Å². The van der Waals surface area contributed by atoms with Gasteiger partial charge < -0.3 is 9.90 Å². The Morgan fingerprint density at radius 3 is 2.64 bits per heavy atom. The number of rotatable bonds is 9. The van der Waals surface area contributed by atoms with Gasteiger partial charge in [-0.05, 0) is 55.0 Å². The lowest BCUT2D eigenvalue weighted by Crippen LogP contribution is -2.24. The molecule has 9 heteroatoms. The molecule has 0 radical (unpaired) electrons. The Hall–Kier alpha value is -2.16. The number of aromatic nitrogens is 2. The van der Waals surface area contributed by atoms with Crippen molar-refractivity contribution in [1.82, 2.24) is 9.55 Å². The van der Waals surface area contributed by atoms with E-state index >= 15 is 0 Å². The average molecular weight is 436 g/mol. The zero-order chi connectivity index (χ0) is 20.1. The average Bonchev–Trinajstić information content (AvgIpc) is 3.14. The number of aliphatic carboxylic acids is 1. The number of fused-ring (bicyclic) bond motifs is 1. The molecule has 0 bridgehead atoms. The van der Waals surface area contributed by atoms with Crippen molar-refractivity contribution in [2.45, 2.75) is 31.0 Å². The Morgan fingerprint density at radius 2 is 1.93 bits per heavy atom. The maximum absolute atomic E-state index is 12.8. The lowest BCUT2D eigenvalue weighted by Gasteiger charge is -2.12. The van der Waals surface area contributed by atoms with Crippen LogP contribution in [-0.4, -0.2) is 27.1 Å². The van der Waals surface area contributed by atoms with Crippen LogP contribution >= 0.6 is 34.7 Å². The summed E-state index contributed by atoms with van der Waals surface area (Å²) >= 11 is 8.36. The highest BCUT2D eigenvalue weighted by Gasteiger charge is 2.15. The number of nitrogens with zero attached hydrogens (tertiary/aromatic N) is 2. The van der Waals surface area contributed by atoms with Gasteiger partial charge in [0.2, 0.25) is 0 Å².